The molecule has 2 fully saturated rings. The topological polar surface area (TPSA) is 65.6 Å². The van der Waals surface area contributed by atoms with Crippen LogP contribution in [0.25, 0.3) is 0 Å². The molecule has 0 radical (unpaired) electrons. The van der Waals surface area contributed by atoms with Crippen molar-refractivity contribution < 1.29 is 9.53 Å². The van der Waals surface area contributed by atoms with Crippen molar-refractivity contribution in [3.63, 3.8) is 0 Å². The second-order valence-corrected chi connectivity index (χ2v) is 7.97. The molecule has 1 aliphatic carbocycles. The third kappa shape index (κ3) is 6.01. The molecule has 6 heteroatoms. The van der Waals surface area contributed by atoms with Gasteiger partial charge in [-0.15, -0.1) is 0 Å². The lowest BCUT2D eigenvalue weighted by Gasteiger charge is -2.33. The summed E-state index contributed by atoms with van der Waals surface area (Å²) in [7, 11) is 4.00. The summed E-state index contributed by atoms with van der Waals surface area (Å²) >= 11 is 0. The second kappa shape index (κ2) is 10.2. The first-order chi connectivity index (χ1) is 13.1. The van der Waals surface area contributed by atoms with Gasteiger partial charge in [0, 0.05) is 43.8 Å². The van der Waals surface area contributed by atoms with Crippen molar-refractivity contribution in [2.24, 2.45) is 5.92 Å². The van der Waals surface area contributed by atoms with Crippen LogP contribution in [0.1, 0.15) is 35.2 Å². The van der Waals surface area contributed by atoms with Crippen LogP contribution < -0.4 is 16.0 Å². The zero-order valence-electron chi connectivity index (χ0n) is 16.7. The van der Waals surface area contributed by atoms with Gasteiger partial charge in [0.15, 0.2) is 0 Å². The third-order valence-corrected chi connectivity index (χ3v) is 5.67. The number of likely N-dealkylation sites (N-methyl/N-ethyl adjacent to an activating group) is 1. The highest BCUT2D eigenvalue weighted by molar-refractivity contribution is 5.94. The predicted molar refractivity (Wildman–Crippen MR) is 108 cm³/mol. The number of ether oxygens (including phenoxy) is 1. The second-order valence-electron chi connectivity index (χ2n) is 7.97. The van der Waals surface area contributed by atoms with Crippen molar-refractivity contribution in [2.45, 2.75) is 37.9 Å². The van der Waals surface area contributed by atoms with Gasteiger partial charge in [-0.05, 0) is 50.6 Å². The van der Waals surface area contributed by atoms with Gasteiger partial charge in [-0.1, -0.05) is 18.6 Å². The molecule has 1 saturated heterocycles. The first-order valence-corrected chi connectivity index (χ1v) is 10.2. The van der Waals surface area contributed by atoms with Crippen molar-refractivity contribution in [3.8, 4) is 0 Å². The Morgan fingerprint density at radius 2 is 2.07 bits per heavy atom. The van der Waals surface area contributed by atoms with Crippen LogP contribution in [0.15, 0.2) is 24.3 Å². The molecule has 1 aromatic carbocycles. The zero-order chi connectivity index (χ0) is 19.1. The summed E-state index contributed by atoms with van der Waals surface area (Å²) in [5.74, 6) is 0.641. The van der Waals surface area contributed by atoms with Crippen LogP contribution in [-0.4, -0.2) is 69.8 Å². The molecule has 0 aromatic heterocycles. The Morgan fingerprint density at radius 1 is 1.26 bits per heavy atom. The average Bonchev–Trinajstić information content (AvgIpc) is 3.16. The van der Waals surface area contributed by atoms with E-state index in [9.17, 15) is 4.79 Å². The van der Waals surface area contributed by atoms with E-state index in [2.05, 4.69) is 33.0 Å². The van der Waals surface area contributed by atoms with Gasteiger partial charge in [-0.3, -0.25) is 4.79 Å². The van der Waals surface area contributed by atoms with Gasteiger partial charge < -0.3 is 25.6 Å². The van der Waals surface area contributed by atoms with Gasteiger partial charge >= 0.3 is 0 Å². The maximum absolute atomic E-state index is 12.2. The molecule has 27 heavy (non-hydrogen) atoms. The van der Waals surface area contributed by atoms with E-state index in [0.29, 0.717) is 24.5 Å². The van der Waals surface area contributed by atoms with Crippen LogP contribution in [0.5, 0.6) is 0 Å². The molecule has 3 rings (SSSR count). The van der Waals surface area contributed by atoms with Crippen molar-refractivity contribution in [1.29, 1.82) is 0 Å². The number of benzene rings is 1. The van der Waals surface area contributed by atoms with Crippen molar-refractivity contribution in [3.05, 3.63) is 35.4 Å². The molecule has 1 saturated carbocycles. The fourth-order valence-electron chi connectivity index (χ4n) is 4.10. The number of nitrogens with one attached hydrogen (secondary N) is 3. The minimum Gasteiger partial charge on any atom is -0.379 e. The molecule has 6 nitrogen and oxygen atoms in total. The molecule has 3 N–H and O–H groups in total. The Kier molecular flexibility index (Phi) is 7.64. The molecule has 3 unspecified atom stereocenters. The van der Waals surface area contributed by atoms with Crippen molar-refractivity contribution in [1.82, 2.24) is 20.9 Å². The average molecular weight is 375 g/mol. The van der Waals surface area contributed by atoms with Gasteiger partial charge in [0.25, 0.3) is 5.91 Å². The van der Waals surface area contributed by atoms with Crippen LogP contribution in [0.3, 0.4) is 0 Å². The standard InChI is InChI=1S/C21H34N4O2/c1-25(2)12-10-23-21(26)17-8-6-16(7-9-17)14-24-19-5-3-4-18(19)20-15-27-13-11-22-20/h6-9,18-20,22,24H,3-5,10-15H2,1-2H3,(H,23,26). The van der Waals surface area contributed by atoms with Crippen molar-refractivity contribution in [2.75, 3.05) is 46.9 Å². The Balaban J connectivity index is 1.46. The Morgan fingerprint density at radius 3 is 2.78 bits per heavy atom. The fourth-order valence-corrected chi connectivity index (χ4v) is 4.10. The van der Waals surface area contributed by atoms with Crippen LogP contribution in [0.4, 0.5) is 0 Å². The van der Waals surface area contributed by atoms with Gasteiger partial charge in [-0.2, -0.15) is 0 Å². The van der Waals surface area contributed by atoms with E-state index < -0.39 is 0 Å². The van der Waals surface area contributed by atoms with Gasteiger partial charge in [0.1, 0.15) is 0 Å². The quantitative estimate of drug-likeness (QED) is 0.639. The van der Waals surface area contributed by atoms with Gasteiger partial charge in [0.2, 0.25) is 0 Å². The number of nitrogens with zero attached hydrogens (tertiary/aromatic N) is 1. The number of hydrogen-bond acceptors (Lipinski definition) is 5. The predicted octanol–water partition coefficient (Wildman–Crippen LogP) is 1.22. The molecule has 0 bridgehead atoms. The minimum atomic E-state index is -0.00408. The van der Waals surface area contributed by atoms with E-state index in [1.807, 2.05) is 26.2 Å². The summed E-state index contributed by atoms with van der Waals surface area (Å²) in [4.78, 5) is 14.2. The first kappa shape index (κ1) is 20.3. The minimum absolute atomic E-state index is 0.00408. The lowest BCUT2D eigenvalue weighted by atomic mass is 9.94. The molecule has 2 aliphatic rings. The summed E-state index contributed by atoms with van der Waals surface area (Å²) < 4.78 is 5.65. The molecule has 0 spiro atoms. The number of morpholine rings is 1. The van der Waals surface area contributed by atoms with Crippen LogP contribution >= 0.6 is 0 Å². The molecule has 1 aromatic rings. The lowest BCUT2D eigenvalue weighted by Crippen LogP contribution is -2.50. The Hall–Kier alpha value is -1.47. The number of carbonyl (C=O) groups is 1. The van der Waals surface area contributed by atoms with Crippen LogP contribution in [0.2, 0.25) is 0 Å². The molecule has 1 aliphatic heterocycles. The summed E-state index contributed by atoms with van der Waals surface area (Å²) in [6.45, 7) is 4.98. The van der Waals surface area contributed by atoms with Crippen LogP contribution in [-0.2, 0) is 11.3 Å². The summed E-state index contributed by atoms with van der Waals surface area (Å²) in [5.41, 5.74) is 1.94. The number of rotatable bonds is 8. The van der Waals surface area contributed by atoms with E-state index >= 15 is 0 Å². The van der Waals surface area contributed by atoms with E-state index in [4.69, 9.17) is 4.74 Å². The molecular weight excluding hydrogens is 340 g/mol. The smallest absolute Gasteiger partial charge is 0.251 e. The van der Waals surface area contributed by atoms with Gasteiger partial charge in [0.05, 0.1) is 13.2 Å². The van der Waals surface area contributed by atoms with Gasteiger partial charge in [-0.25, -0.2) is 0 Å². The Labute approximate surface area is 163 Å². The maximum atomic E-state index is 12.2. The zero-order valence-corrected chi connectivity index (χ0v) is 16.7. The highest BCUT2D eigenvalue weighted by atomic mass is 16.5. The summed E-state index contributed by atoms with van der Waals surface area (Å²) in [6.07, 6.45) is 3.78. The largest absolute Gasteiger partial charge is 0.379 e. The summed E-state index contributed by atoms with van der Waals surface area (Å²) in [6, 6.07) is 8.97. The number of amides is 1. The first-order valence-electron chi connectivity index (χ1n) is 10.2. The molecule has 3 atom stereocenters. The van der Waals surface area contributed by atoms with Crippen molar-refractivity contribution >= 4 is 5.91 Å². The Bertz CT molecular complexity index is 584. The monoisotopic (exact) mass is 374 g/mol. The van der Waals surface area contributed by atoms with E-state index in [-0.39, 0.29) is 5.91 Å². The molecule has 1 amide bonds. The van der Waals surface area contributed by atoms with E-state index in [1.165, 1.54) is 24.8 Å². The lowest BCUT2D eigenvalue weighted by molar-refractivity contribution is 0.0524. The fraction of sp³-hybridized carbons (Fsp3) is 0.667. The highest BCUT2D eigenvalue weighted by Crippen LogP contribution is 2.29. The van der Waals surface area contributed by atoms with Crippen LogP contribution in [0, 0.1) is 5.92 Å². The third-order valence-electron chi connectivity index (χ3n) is 5.67. The maximum Gasteiger partial charge on any atom is 0.251 e. The van der Waals surface area contributed by atoms with E-state index in [0.717, 1.165) is 38.4 Å². The SMILES string of the molecule is CN(C)CCNC(=O)c1ccc(CNC2CCCC2C2COCCN2)cc1. The number of carbonyl (C=O) groups excluding carboxylic acids is 1. The highest BCUT2D eigenvalue weighted by Gasteiger charge is 2.34. The molecule has 1 heterocycles. The molecular formula is C21H34N4O2. The molecule has 150 valence electrons. The number of hydrogen-bond donors (Lipinski definition) is 3. The normalized spacial score (nSPS) is 25.7. The summed E-state index contributed by atoms with van der Waals surface area (Å²) in [5, 5.41) is 10.3. The van der Waals surface area contributed by atoms with E-state index in [1.54, 1.807) is 0 Å².